The summed E-state index contributed by atoms with van der Waals surface area (Å²) in [5.74, 6) is -1.89. The van der Waals surface area contributed by atoms with Gasteiger partial charge >= 0.3 is 0 Å². The third-order valence-electron chi connectivity index (χ3n) is 7.01. The molecular formula is C28H30ClF2N3O2. The van der Waals surface area contributed by atoms with E-state index in [4.69, 9.17) is 4.74 Å². The second-order valence-corrected chi connectivity index (χ2v) is 9.40. The molecule has 0 bridgehead atoms. The van der Waals surface area contributed by atoms with Gasteiger partial charge in [-0.05, 0) is 60.5 Å². The summed E-state index contributed by atoms with van der Waals surface area (Å²) in [6, 6.07) is 12.5. The Morgan fingerprint density at radius 2 is 1.72 bits per heavy atom. The van der Waals surface area contributed by atoms with Gasteiger partial charge in [-0.25, -0.2) is 8.78 Å². The summed E-state index contributed by atoms with van der Waals surface area (Å²) >= 11 is 0. The quantitative estimate of drug-likeness (QED) is 0.420. The van der Waals surface area contributed by atoms with E-state index in [1.54, 1.807) is 24.5 Å². The van der Waals surface area contributed by atoms with Gasteiger partial charge in [-0.15, -0.1) is 12.4 Å². The highest BCUT2D eigenvalue weighted by Gasteiger charge is 2.42. The van der Waals surface area contributed by atoms with Gasteiger partial charge < -0.3 is 14.5 Å². The van der Waals surface area contributed by atoms with Crippen LogP contribution in [0.1, 0.15) is 45.3 Å². The molecule has 2 unspecified atom stereocenters. The molecule has 2 aromatic carbocycles. The van der Waals surface area contributed by atoms with Crippen LogP contribution in [0.5, 0.6) is 5.75 Å². The number of carbonyl (C=O) groups is 1. The minimum Gasteiger partial charge on any atom is -0.494 e. The van der Waals surface area contributed by atoms with Crippen molar-refractivity contribution in [3.63, 3.8) is 0 Å². The lowest BCUT2D eigenvalue weighted by Gasteiger charge is -2.32. The summed E-state index contributed by atoms with van der Waals surface area (Å²) in [5, 5.41) is 0. The summed E-state index contributed by atoms with van der Waals surface area (Å²) in [6.07, 6.45) is 4.19. The van der Waals surface area contributed by atoms with Gasteiger partial charge in [0, 0.05) is 62.7 Å². The minimum atomic E-state index is -0.661. The predicted molar refractivity (Wildman–Crippen MR) is 137 cm³/mol. The number of piperazine rings is 1. The van der Waals surface area contributed by atoms with Gasteiger partial charge in [-0.1, -0.05) is 12.1 Å². The van der Waals surface area contributed by atoms with Gasteiger partial charge in [0.15, 0.2) is 5.78 Å². The first-order valence-electron chi connectivity index (χ1n) is 12.1. The third-order valence-corrected chi connectivity index (χ3v) is 7.01. The third kappa shape index (κ3) is 5.59. The number of aromatic nitrogens is 1. The number of Topliss-reactive ketones (excluding diaryl/α,β-unsaturated/α-hetero) is 1. The number of hydrogen-bond acceptors (Lipinski definition) is 5. The van der Waals surface area contributed by atoms with E-state index in [2.05, 4.69) is 21.8 Å². The molecule has 190 valence electrons. The molecule has 0 amide bonds. The highest BCUT2D eigenvalue weighted by Crippen LogP contribution is 2.48. The van der Waals surface area contributed by atoms with Crippen molar-refractivity contribution in [1.29, 1.82) is 0 Å². The fourth-order valence-corrected chi connectivity index (χ4v) is 5.19. The normalized spacial score (nSPS) is 20.1. The van der Waals surface area contributed by atoms with Gasteiger partial charge in [-0.3, -0.25) is 9.78 Å². The van der Waals surface area contributed by atoms with Crippen molar-refractivity contribution in [2.45, 2.75) is 18.3 Å². The van der Waals surface area contributed by atoms with E-state index < -0.39 is 23.5 Å². The monoisotopic (exact) mass is 513 g/mol. The lowest BCUT2D eigenvalue weighted by atomic mass is 9.82. The lowest BCUT2D eigenvalue weighted by molar-refractivity contribution is 0.0967. The maximum Gasteiger partial charge on any atom is 0.171 e. The predicted octanol–water partition coefficient (Wildman–Crippen LogP) is 4.91. The maximum absolute atomic E-state index is 14.1. The van der Waals surface area contributed by atoms with Crippen molar-refractivity contribution in [2.75, 3.05) is 46.4 Å². The van der Waals surface area contributed by atoms with Gasteiger partial charge in [0.25, 0.3) is 0 Å². The first-order valence-corrected chi connectivity index (χ1v) is 12.1. The second kappa shape index (κ2) is 11.5. The molecule has 0 saturated carbocycles. The number of nitrogens with zero attached hydrogens (tertiary/aromatic N) is 3. The fourth-order valence-electron chi connectivity index (χ4n) is 5.19. The standard InChI is InChI=1S/C28H29F2N3O2.ClH/c1-32-9-11-33(12-10-32)8-3-13-35-23-5-6-24-25(17-23)28(34)27(19-4-2-7-31-18-19)26(24)20-14-21(29)16-22(30)15-20;/h2,4-7,14-18,26-27H,3,8-13H2,1H3;1H. The molecular weight excluding hydrogens is 484 g/mol. The fraction of sp³-hybridized carbons (Fsp3) is 0.357. The van der Waals surface area contributed by atoms with Crippen LogP contribution in [0.15, 0.2) is 60.9 Å². The molecule has 1 aliphatic carbocycles. The van der Waals surface area contributed by atoms with E-state index in [0.717, 1.165) is 56.3 Å². The van der Waals surface area contributed by atoms with Crippen LogP contribution in [0, 0.1) is 11.6 Å². The Labute approximate surface area is 216 Å². The lowest BCUT2D eigenvalue weighted by Crippen LogP contribution is -2.44. The van der Waals surface area contributed by atoms with E-state index in [1.807, 2.05) is 18.2 Å². The van der Waals surface area contributed by atoms with Crippen molar-refractivity contribution < 1.29 is 18.3 Å². The van der Waals surface area contributed by atoms with Crippen molar-refractivity contribution >= 4 is 18.2 Å². The van der Waals surface area contributed by atoms with Crippen molar-refractivity contribution in [3.8, 4) is 5.75 Å². The molecule has 1 fully saturated rings. The number of fused-ring (bicyclic) bond motifs is 1. The average molecular weight is 514 g/mol. The molecule has 0 N–H and O–H groups in total. The topological polar surface area (TPSA) is 45.7 Å². The smallest absolute Gasteiger partial charge is 0.171 e. The van der Waals surface area contributed by atoms with Gasteiger partial charge in [0.05, 0.1) is 12.5 Å². The summed E-state index contributed by atoms with van der Waals surface area (Å²) in [6.45, 7) is 5.85. The summed E-state index contributed by atoms with van der Waals surface area (Å²) < 4.78 is 34.2. The molecule has 3 aromatic rings. The van der Waals surface area contributed by atoms with E-state index in [-0.39, 0.29) is 18.2 Å². The zero-order valence-electron chi connectivity index (χ0n) is 20.2. The van der Waals surface area contributed by atoms with Gasteiger partial charge in [0.1, 0.15) is 17.4 Å². The number of carbonyl (C=O) groups excluding carboxylic acids is 1. The van der Waals surface area contributed by atoms with E-state index in [1.165, 1.54) is 12.1 Å². The Morgan fingerprint density at radius 1 is 0.972 bits per heavy atom. The Kier molecular flexibility index (Phi) is 8.34. The number of hydrogen-bond donors (Lipinski definition) is 0. The highest BCUT2D eigenvalue weighted by atomic mass is 35.5. The Hall–Kier alpha value is -2.87. The van der Waals surface area contributed by atoms with E-state index >= 15 is 0 Å². The minimum absolute atomic E-state index is 0. The highest BCUT2D eigenvalue weighted by molar-refractivity contribution is 6.07. The SMILES string of the molecule is CN1CCN(CCCOc2ccc3c(c2)C(=O)C(c2cccnc2)C3c2cc(F)cc(F)c2)CC1.Cl. The summed E-state index contributed by atoms with van der Waals surface area (Å²) in [5.41, 5.74) is 2.44. The van der Waals surface area contributed by atoms with Crippen LogP contribution in [0.3, 0.4) is 0 Å². The molecule has 36 heavy (non-hydrogen) atoms. The number of halogens is 3. The van der Waals surface area contributed by atoms with Gasteiger partial charge in [-0.2, -0.15) is 0 Å². The molecule has 5 nitrogen and oxygen atoms in total. The Bertz CT molecular complexity index is 1180. The van der Waals surface area contributed by atoms with Crippen molar-refractivity contribution in [2.24, 2.45) is 0 Å². The molecule has 1 aromatic heterocycles. The number of benzene rings is 2. The van der Waals surface area contributed by atoms with Crippen molar-refractivity contribution in [1.82, 2.24) is 14.8 Å². The molecule has 8 heteroatoms. The summed E-state index contributed by atoms with van der Waals surface area (Å²) in [7, 11) is 2.14. The van der Waals surface area contributed by atoms with Crippen LogP contribution in [0.25, 0.3) is 0 Å². The van der Waals surface area contributed by atoms with Crippen LogP contribution >= 0.6 is 12.4 Å². The zero-order valence-corrected chi connectivity index (χ0v) is 21.0. The van der Waals surface area contributed by atoms with E-state index in [9.17, 15) is 13.6 Å². The van der Waals surface area contributed by atoms with Gasteiger partial charge in [0.2, 0.25) is 0 Å². The van der Waals surface area contributed by atoms with E-state index in [0.29, 0.717) is 23.5 Å². The number of ketones is 1. The summed E-state index contributed by atoms with van der Waals surface area (Å²) in [4.78, 5) is 22.5. The number of ether oxygens (including phenoxy) is 1. The molecule has 5 rings (SSSR count). The van der Waals surface area contributed by atoms with Crippen LogP contribution in [-0.2, 0) is 0 Å². The van der Waals surface area contributed by atoms with Crippen LogP contribution < -0.4 is 4.74 Å². The Morgan fingerprint density at radius 3 is 2.42 bits per heavy atom. The largest absolute Gasteiger partial charge is 0.494 e. The first-order chi connectivity index (χ1) is 17.0. The molecule has 1 saturated heterocycles. The molecule has 2 heterocycles. The first kappa shape index (κ1) is 26.2. The number of pyridine rings is 1. The molecule has 0 radical (unpaired) electrons. The molecule has 1 aliphatic heterocycles. The molecule has 2 atom stereocenters. The molecule has 2 aliphatic rings. The average Bonchev–Trinajstić information content (AvgIpc) is 3.15. The number of rotatable bonds is 7. The van der Waals surface area contributed by atoms with Crippen LogP contribution in [-0.4, -0.2) is 66.9 Å². The maximum atomic E-state index is 14.1. The van der Waals surface area contributed by atoms with Crippen LogP contribution in [0.4, 0.5) is 8.78 Å². The van der Waals surface area contributed by atoms with Crippen molar-refractivity contribution in [3.05, 3.63) is 94.8 Å². The molecule has 0 spiro atoms. The van der Waals surface area contributed by atoms with Crippen LogP contribution in [0.2, 0.25) is 0 Å². The second-order valence-electron chi connectivity index (χ2n) is 9.40. The zero-order chi connectivity index (χ0) is 24.4. The Balaban J connectivity index is 0.00000304. The number of likely N-dealkylation sites (N-methyl/N-ethyl adjacent to an activating group) is 1.